The normalized spacial score (nSPS) is 52.2. The van der Waals surface area contributed by atoms with Gasteiger partial charge >= 0.3 is 0 Å². The second-order valence-corrected chi connectivity index (χ2v) is 7.00. The Hall–Kier alpha value is -0.0800. The van der Waals surface area contributed by atoms with Gasteiger partial charge in [0.1, 0.15) is 0 Å². The Morgan fingerprint density at radius 1 is 0.941 bits per heavy atom. The summed E-state index contributed by atoms with van der Waals surface area (Å²) in [6.45, 7) is 2.11. The van der Waals surface area contributed by atoms with Crippen molar-refractivity contribution in [3.05, 3.63) is 0 Å². The number of hydrogen-bond acceptors (Lipinski definition) is 2. The molecule has 17 heavy (non-hydrogen) atoms. The molecule has 0 radical (unpaired) electrons. The van der Waals surface area contributed by atoms with Crippen LogP contribution in [0.3, 0.4) is 0 Å². The van der Waals surface area contributed by atoms with E-state index in [-0.39, 0.29) is 0 Å². The van der Waals surface area contributed by atoms with E-state index in [0.717, 1.165) is 42.9 Å². The van der Waals surface area contributed by atoms with Crippen LogP contribution in [0.2, 0.25) is 0 Å². The van der Waals surface area contributed by atoms with Crippen LogP contribution in [0.1, 0.15) is 44.9 Å². The first-order valence-electron chi connectivity index (χ1n) is 7.73. The lowest BCUT2D eigenvalue weighted by molar-refractivity contribution is -0.0183. The van der Waals surface area contributed by atoms with Crippen LogP contribution in [0, 0.1) is 23.7 Å². The predicted octanol–water partition coefficient (Wildman–Crippen LogP) is 2.58. The molecule has 1 atom stereocenters. The second kappa shape index (κ2) is 4.24. The van der Waals surface area contributed by atoms with Gasteiger partial charge in [-0.25, -0.2) is 0 Å². The molecule has 5 aliphatic rings. The van der Waals surface area contributed by atoms with Gasteiger partial charge in [-0.3, -0.25) is 0 Å². The first-order chi connectivity index (χ1) is 8.38. The summed E-state index contributed by atoms with van der Waals surface area (Å²) < 4.78 is 5.73. The van der Waals surface area contributed by atoms with E-state index in [0.29, 0.717) is 6.10 Å². The van der Waals surface area contributed by atoms with Crippen LogP contribution in [-0.2, 0) is 4.74 Å². The van der Waals surface area contributed by atoms with Crippen molar-refractivity contribution < 1.29 is 4.74 Å². The fourth-order valence-corrected chi connectivity index (χ4v) is 5.33. The average molecular weight is 235 g/mol. The highest BCUT2D eigenvalue weighted by molar-refractivity contribution is 5.01. The monoisotopic (exact) mass is 235 g/mol. The number of rotatable bonds is 3. The van der Waals surface area contributed by atoms with Crippen LogP contribution in [0.4, 0.5) is 0 Å². The van der Waals surface area contributed by atoms with Crippen LogP contribution in [0.25, 0.3) is 0 Å². The van der Waals surface area contributed by atoms with Crippen molar-refractivity contribution in [3.8, 4) is 0 Å². The fourth-order valence-electron chi connectivity index (χ4n) is 5.33. The Kier molecular flexibility index (Phi) is 2.69. The molecular weight excluding hydrogens is 210 g/mol. The lowest BCUT2D eigenvalue weighted by atomic mass is 9.54. The second-order valence-electron chi connectivity index (χ2n) is 7.00. The van der Waals surface area contributed by atoms with E-state index >= 15 is 0 Å². The zero-order valence-electron chi connectivity index (χ0n) is 10.7. The van der Waals surface area contributed by atoms with E-state index in [1.807, 2.05) is 0 Å². The third-order valence-electron chi connectivity index (χ3n) is 5.83. The summed E-state index contributed by atoms with van der Waals surface area (Å²) in [6, 6.07) is 0.840. The maximum atomic E-state index is 5.73. The van der Waals surface area contributed by atoms with E-state index in [1.165, 1.54) is 38.5 Å². The van der Waals surface area contributed by atoms with E-state index in [1.54, 1.807) is 6.42 Å². The van der Waals surface area contributed by atoms with Crippen LogP contribution >= 0.6 is 0 Å². The molecule has 0 aromatic heterocycles. The Labute approximate surface area is 104 Å². The molecule has 4 bridgehead atoms. The van der Waals surface area contributed by atoms with Crippen LogP contribution in [0.15, 0.2) is 0 Å². The van der Waals surface area contributed by atoms with Crippen molar-refractivity contribution in [1.82, 2.24) is 5.32 Å². The highest BCUT2D eigenvalue weighted by Crippen LogP contribution is 2.53. The first kappa shape index (κ1) is 10.8. The molecule has 0 aromatic carbocycles. The van der Waals surface area contributed by atoms with Gasteiger partial charge in [-0.05, 0) is 68.6 Å². The molecule has 0 amide bonds. The summed E-state index contributed by atoms with van der Waals surface area (Å²) >= 11 is 0. The summed E-state index contributed by atoms with van der Waals surface area (Å²) in [6.07, 6.45) is 10.7. The van der Waals surface area contributed by atoms with Crippen molar-refractivity contribution in [3.63, 3.8) is 0 Å². The van der Waals surface area contributed by atoms with Gasteiger partial charge in [-0.1, -0.05) is 0 Å². The van der Waals surface area contributed by atoms with Gasteiger partial charge in [0.15, 0.2) is 0 Å². The summed E-state index contributed by atoms with van der Waals surface area (Å²) in [5, 5.41) is 3.88. The lowest BCUT2D eigenvalue weighted by Crippen LogP contribution is -2.55. The van der Waals surface area contributed by atoms with Gasteiger partial charge in [-0.2, -0.15) is 0 Å². The molecule has 5 fully saturated rings. The minimum Gasteiger partial charge on any atom is -0.377 e. The summed E-state index contributed by atoms with van der Waals surface area (Å²) in [5.41, 5.74) is 0. The minimum atomic E-state index is 0.521. The van der Waals surface area contributed by atoms with Crippen molar-refractivity contribution in [2.24, 2.45) is 23.7 Å². The number of hydrogen-bond donors (Lipinski definition) is 1. The standard InChI is InChI=1S/C15H25NO/c1-2-14(17-3-1)9-16-15-12-5-10-4-11(7-12)8-13(15)6-10/h10-16H,1-9H2/t10?,11?,12?,13?,14-,15?/m1/s1. The maximum absolute atomic E-state index is 5.73. The molecular formula is C15H25NO. The van der Waals surface area contributed by atoms with Crippen LogP contribution in [-0.4, -0.2) is 25.3 Å². The number of ether oxygens (including phenoxy) is 1. The van der Waals surface area contributed by atoms with Gasteiger partial charge in [0, 0.05) is 19.2 Å². The Morgan fingerprint density at radius 2 is 1.65 bits per heavy atom. The van der Waals surface area contributed by atoms with E-state index in [4.69, 9.17) is 4.74 Å². The van der Waals surface area contributed by atoms with Gasteiger partial charge in [0.2, 0.25) is 0 Å². The molecule has 0 spiro atoms. The molecule has 2 heteroatoms. The molecule has 1 aliphatic heterocycles. The summed E-state index contributed by atoms with van der Waals surface area (Å²) in [5.74, 6) is 4.21. The molecule has 5 rings (SSSR count). The van der Waals surface area contributed by atoms with Gasteiger partial charge in [0.05, 0.1) is 6.10 Å². The Bertz CT molecular complexity index is 257. The van der Waals surface area contributed by atoms with E-state index in [2.05, 4.69) is 5.32 Å². The molecule has 2 nitrogen and oxygen atoms in total. The lowest BCUT2D eigenvalue weighted by Gasteiger charge is -2.54. The summed E-state index contributed by atoms with van der Waals surface area (Å²) in [4.78, 5) is 0. The zero-order chi connectivity index (χ0) is 11.2. The Morgan fingerprint density at radius 3 is 2.24 bits per heavy atom. The van der Waals surface area contributed by atoms with Gasteiger partial charge < -0.3 is 10.1 Å². The smallest absolute Gasteiger partial charge is 0.0700 e. The highest BCUT2D eigenvalue weighted by atomic mass is 16.5. The maximum Gasteiger partial charge on any atom is 0.0700 e. The third-order valence-corrected chi connectivity index (χ3v) is 5.83. The fraction of sp³-hybridized carbons (Fsp3) is 1.00. The van der Waals surface area contributed by atoms with E-state index < -0.39 is 0 Å². The van der Waals surface area contributed by atoms with Crippen molar-refractivity contribution in [2.45, 2.75) is 57.1 Å². The average Bonchev–Trinajstić information content (AvgIpc) is 2.80. The largest absolute Gasteiger partial charge is 0.377 e. The molecule has 0 aromatic rings. The topological polar surface area (TPSA) is 21.3 Å². The molecule has 96 valence electrons. The van der Waals surface area contributed by atoms with Crippen molar-refractivity contribution in [1.29, 1.82) is 0 Å². The minimum absolute atomic E-state index is 0.521. The zero-order valence-corrected chi connectivity index (χ0v) is 10.7. The first-order valence-corrected chi connectivity index (χ1v) is 7.73. The van der Waals surface area contributed by atoms with Crippen molar-refractivity contribution in [2.75, 3.05) is 13.2 Å². The summed E-state index contributed by atoms with van der Waals surface area (Å²) in [7, 11) is 0. The van der Waals surface area contributed by atoms with Crippen LogP contribution < -0.4 is 5.32 Å². The quantitative estimate of drug-likeness (QED) is 0.812. The molecule has 0 unspecified atom stereocenters. The van der Waals surface area contributed by atoms with Crippen molar-refractivity contribution >= 4 is 0 Å². The molecule has 1 N–H and O–H groups in total. The molecule has 4 aliphatic carbocycles. The van der Waals surface area contributed by atoms with Gasteiger partial charge in [0.25, 0.3) is 0 Å². The molecule has 1 saturated heterocycles. The third kappa shape index (κ3) is 1.94. The Balaban J connectivity index is 1.37. The highest BCUT2D eigenvalue weighted by Gasteiger charge is 2.47. The number of nitrogens with one attached hydrogen (secondary N) is 1. The SMILES string of the molecule is C1CO[C@@H](CNC2C3CC4CC(C3)CC2C4)C1. The molecule has 1 heterocycles. The van der Waals surface area contributed by atoms with Crippen LogP contribution in [0.5, 0.6) is 0 Å². The molecule has 4 saturated carbocycles. The van der Waals surface area contributed by atoms with E-state index in [9.17, 15) is 0 Å². The predicted molar refractivity (Wildman–Crippen MR) is 67.8 cm³/mol. The van der Waals surface area contributed by atoms with Gasteiger partial charge in [-0.15, -0.1) is 0 Å².